The maximum Gasteiger partial charge on any atom is 0.223 e. The number of piperidine rings is 1. The number of nitrogens with zero attached hydrogens (tertiary/aromatic N) is 2. The monoisotopic (exact) mass is 422 g/mol. The van der Waals surface area contributed by atoms with Crippen molar-refractivity contribution in [2.24, 2.45) is 5.92 Å². The average Bonchev–Trinajstić information content (AvgIpc) is 3.02. The number of carbonyl (C=O) groups is 2. The zero-order valence-electron chi connectivity index (χ0n) is 18.7. The molecule has 1 saturated heterocycles. The molecule has 0 unspecified atom stereocenters. The molecule has 0 spiro atoms. The summed E-state index contributed by atoms with van der Waals surface area (Å²) in [6.07, 6.45) is 9.10. The molecule has 1 aliphatic heterocycles. The van der Waals surface area contributed by atoms with Crippen LogP contribution in [0.15, 0.2) is 24.3 Å². The first-order valence-electron chi connectivity index (χ1n) is 11.7. The molecule has 166 valence electrons. The first kappa shape index (κ1) is 21.6. The Bertz CT molecular complexity index is 942. The van der Waals surface area contributed by atoms with Crippen LogP contribution in [0.4, 0.5) is 11.5 Å². The predicted molar refractivity (Wildman–Crippen MR) is 125 cm³/mol. The largest absolute Gasteiger partial charge is 0.357 e. The van der Waals surface area contributed by atoms with Crippen molar-refractivity contribution in [3.8, 4) is 0 Å². The lowest BCUT2D eigenvalue weighted by Crippen LogP contribution is -2.44. The van der Waals surface area contributed by atoms with Crippen molar-refractivity contribution in [1.82, 2.24) is 10.3 Å². The van der Waals surface area contributed by atoms with E-state index in [1.165, 1.54) is 32.6 Å². The number of amides is 2. The van der Waals surface area contributed by atoms with Gasteiger partial charge in [-0.2, -0.15) is 0 Å². The van der Waals surface area contributed by atoms with E-state index in [4.69, 9.17) is 4.98 Å². The van der Waals surface area contributed by atoms with Crippen molar-refractivity contribution in [1.29, 1.82) is 0 Å². The molecule has 2 heterocycles. The molecule has 1 aliphatic carbocycles. The van der Waals surface area contributed by atoms with Crippen LogP contribution in [-0.4, -0.2) is 35.9 Å². The minimum Gasteiger partial charge on any atom is -0.357 e. The van der Waals surface area contributed by atoms with Gasteiger partial charge >= 0.3 is 0 Å². The van der Waals surface area contributed by atoms with Gasteiger partial charge in [0, 0.05) is 43.0 Å². The molecule has 2 aliphatic rings. The first-order valence-corrected chi connectivity index (χ1v) is 11.7. The maximum atomic E-state index is 12.8. The summed E-state index contributed by atoms with van der Waals surface area (Å²) in [6, 6.07) is 8.33. The molecule has 0 bridgehead atoms. The number of aromatic nitrogens is 1. The molecule has 4 rings (SSSR count). The minimum atomic E-state index is -0.0764. The molecule has 0 radical (unpaired) electrons. The summed E-state index contributed by atoms with van der Waals surface area (Å²) < 4.78 is 0. The molecule has 2 N–H and O–H groups in total. The van der Waals surface area contributed by atoms with Crippen molar-refractivity contribution in [2.75, 3.05) is 23.3 Å². The average molecular weight is 423 g/mol. The highest BCUT2D eigenvalue weighted by atomic mass is 16.2. The fourth-order valence-corrected chi connectivity index (χ4v) is 4.93. The molecule has 1 aromatic carbocycles. The highest BCUT2D eigenvalue weighted by Gasteiger charge is 2.27. The van der Waals surface area contributed by atoms with Gasteiger partial charge in [0.1, 0.15) is 5.82 Å². The summed E-state index contributed by atoms with van der Waals surface area (Å²) in [6.45, 7) is 5.30. The van der Waals surface area contributed by atoms with Crippen LogP contribution in [0.5, 0.6) is 0 Å². The lowest BCUT2D eigenvalue weighted by atomic mass is 9.95. The van der Waals surface area contributed by atoms with Gasteiger partial charge in [0.25, 0.3) is 0 Å². The number of carbonyl (C=O) groups excluding carboxylic acids is 2. The Kier molecular flexibility index (Phi) is 6.73. The van der Waals surface area contributed by atoms with E-state index in [1.54, 1.807) is 0 Å². The molecular weight excluding hydrogens is 388 g/mol. The van der Waals surface area contributed by atoms with Crippen molar-refractivity contribution >= 4 is 34.2 Å². The summed E-state index contributed by atoms with van der Waals surface area (Å²) in [4.78, 5) is 31.3. The van der Waals surface area contributed by atoms with Gasteiger partial charge in [-0.25, -0.2) is 4.98 Å². The van der Waals surface area contributed by atoms with E-state index < -0.39 is 0 Å². The molecule has 6 heteroatoms. The SMILES string of the molecule is CC(=O)Nc1ccc2nc(N3CCC(C(=O)NC4CCCCCC4)CC3)cc(C)c2c1. The number of fused-ring (bicyclic) bond motifs is 1. The molecule has 1 saturated carbocycles. The summed E-state index contributed by atoms with van der Waals surface area (Å²) in [5.41, 5.74) is 2.86. The molecule has 2 fully saturated rings. The fraction of sp³-hybridized carbons (Fsp3) is 0.560. The Balaban J connectivity index is 1.38. The van der Waals surface area contributed by atoms with Gasteiger partial charge in [0.15, 0.2) is 0 Å². The molecule has 0 atom stereocenters. The Morgan fingerprint density at radius 2 is 1.71 bits per heavy atom. The number of benzene rings is 1. The molecule has 6 nitrogen and oxygen atoms in total. The number of nitrogens with one attached hydrogen (secondary N) is 2. The summed E-state index contributed by atoms with van der Waals surface area (Å²) in [5.74, 6) is 1.26. The maximum absolute atomic E-state index is 12.8. The van der Waals surface area contributed by atoms with Crippen LogP contribution in [0.1, 0.15) is 63.9 Å². The Morgan fingerprint density at radius 1 is 1.00 bits per heavy atom. The van der Waals surface area contributed by atoms with E-state index in [0.717, 1.165) is 66.7 Å². The molecule has 2 amide bonds. The van der Waals surface area contributed by atoms with E-state index >= 15 is 0 Å². The number of pyridine rings is 1. The second-order valence-electron chi connectivity index (χ2n) is 9.17. The van der Waals surface area contributed by atoms with Gasteiger partial charge in [-0.15, -0.1) is 0 Å². The van der Waals surface area contributed by atoms with Crippen LogP contribution in [0.25, 0.3) is 10.9 Å². The van der Waals surface area contributed by atoms with Crippen molar-refractivity contribution in [3.63, 3.8) is 0 Å². The van der Waals surface area contributed by atoms with Crippen molar-refractivity contribution in [2.45, 2.75) is 71.3 Å². The van der Waals surface area contributed by atoms with E-state index in [-0.39, 0.29) is 17.7 Å². The van der Waals surface area contributed by atoms with Crippen LogP contribution in [0, 0.1) is 12.8 Å². The lowest BCUT2D eigenvalue weighted by molar-refractivity contribution is -0.126. The van der Waals surface area contributed by atoms with Crippen LogP contribution in [-0.2, 0) is 9.59 Å². The number of hydrogen-bond acceptors (Lipinski definition) is 4. The zero-order valence-corrected chi connectivity index (χ0v) is 18.7. The highest BCUT2D eigenvalue weighted by Crippen LogP contribution is 2.28. The third-order valence-corrected chi connectivity index (χ3v) is 6.71. The van der Waals surface area contributed by atoms with Gasteiger partial charge in [-0.05, 0) is 62.4 Å². The number of hydrogen-bond donors (Lipinski definition) is 2. The van der Waals surface area contributed by atoms with Crippen molar-refractivity contribution < 1.29 is 9.59 Å². The highest BCUT2D eigenvalue weighted by molar-refractivity contribution is 5.93. The quantitative estimate of drug-likeness (QED) is 0.709. The normalized spacial score (nSPS) is 18.6. The van der Waals surface area contributed by atoms with E-state index in [1.807, 2.05) is 18.2 Å². The van der Waals surface area contributed by atoms with E-state index in [2.05, 4.69) is 28.5 Å². The molecule has 2 aromatic rings. The second kappa shape index (κ2) is 9.67. The minimum absolute atomic E-state index is 0.0764. The van der Waals surface area contributed by atoms with Gasteiger partial charge < -0.3 is 15.5 Å². The predicted octanol–water partition coefficient (Wildman–Crippen LogP) is 4.56. The van der Waals surface area contributed by atoms with Gasteiger partial charge in [0.2, 0.25) is 11.8 Å². The van der Waals surface area contributed by atoms with Crippen LogP contribution < -0.4 is 15.5 Å². The molecule has 31 heavy (non-hydrogen) atoms. The second-order valence-corrected chi connectivity index (χ2v) is 9.17. The van der Waals surface area contributed by atoms with Gasteiger partial charge in [-0.1, -0.05) is 25.7 Å². The lowest BCUT2D eigenvalue weighted by Gasteiger charge is -2.33. The third-order valence-electron chi connectivity index (χ3n) is 6.71. The first-order chi connectivity index (χ1) is 15.0. The van der Waals surface area contributed by atoms with Crippen molar-refractivity contribution in [3.05, 3.63) is 29.8 Å². The summed E-state index contributed by atoms with van der Waals surface area (Å²) in [5, 5.41) is 7.22. The van der Waals surface area contributed by atoms with Gasteiger partial charge in [0.05, 0.1) is 5.52 Å². The topological polar surface area (TPSA) is 74.3 Å². The zero-order chi connectivity index (χ0) is 21.8. The van der Waals surface area contributed by atoms with Crippen LogP contribution in [0.3, 0.4) is 0 Å². The van der Waals surface area contributed by atoms with Crippen LogP contribution in [0.2, 0.25) is 0 Å². The third kappa shape index (κ3) is 5.35. The Hall–Kier alpha value is -2.63. The number of aryl methyl sites for hydroxylation is 1. The van der Waals surface area contributed by atoms with E-state index in [0.29, 0.717) is 6.04 Å². The molecule has 1 aromatic heterocycles. The number of rotatable bonds is 4. The molecular formula is C25H34N4O2. The van der Waals surface area contributed by atoms with Gasteiger partial charge in [-0.3, -0.25) is 9.59 Å². The number of anilines is 2. The smallest absolute Gasteiger partial charge is 0.223 e. The Morgan fingerprint density at radius 3 is 2.39 bits per heavy atom. The Labute approximate surface area is 184 Å². The van der Waals surface area contributed by atoms with Crippen LogP contribution >= 0.6 is 0 Å². The summed E-state index contributed by atoms with van der Waals surface area (Å²) >= 11 is 0. The standard InChI is InChI=1S/C25H34N4O2/c1-17-15-24(28-23-10-9-21(16-22(17)23)26-18(2)30)29-13-11-19(12-14-29)25(31)27-20-7-5-3-4-6-8-20/h9-10,15-16,19-20H,3-8,11-14H2,1-2H3,(H,26,30)(H,27,31). The van der Waals surface area contributed by atoms with E-state index in [9.17, 15) is 9.59 Å². The fourth-order valence-electron chi connectivity index (χ4n) is 4.93. The summed E-state index contributed by atoms with van der Waals surface area (Å²) in [7, 11) is 0.